The van der Waals surface area contributed by atoms with Crippen LogP contribution in [0, 0.1) is 11.3 Å². The van der Waals surface area contributed by atoms with Gasteiger partial charge in [0.2, 0.25) is 5.91 Å². The fraction of sp³-hybridized carbons (Fsp3) is 0.533. The average molecular weight is 283 g/mol. The summed E-state index contributed by atoms with van der Waals surface area (Å²) in [5.74, 6) is 0.311. The van der Waals surface area contributed by atoms with E-state index in [4.69, 9.17) is 17.3 Å². The van der Waals surface area contributed by atoms with Gasteiger partial charge in [-0.2, -0.15) is 0 Å². The molecule has 0 aliphatic heterocycles. The smallest absolute Gasteiger partial charge is 0.224 e. The zero-order chi connectivity index (χ0) is 14.6. The number of benzene rings is 1. The van der Waals surface area contributed by atoms with Crippen molar-refractivity contribution < 1.29 is 4.79 Å². The summed E-state index contributed by atoms with van der Waals surface area (Å²) in [7, 11) is 0. The second-order valence-corrected chi connectivity index (χ2v) is 6.79. The number of hydrogen-bond acceptors (Lipinski definition) is 2. The van der Waals surface area contributed by atoms with Gasteiger partial charge in [0, 0.05) is 11.4 Å². The van der Waals surface area contributed by atoms with Crippen molar-refractivity contribution in [1.82, 2.24) is 0 Å². The normalized spacial score (nSPS) is 13.1. The number of hydrogen-bond donors (Lipinski definition) is 2. The third-order valence-corrected chi connectivity index (χ3v) is 3.02. The Balaban J connectivity index is 2.58. The summed E-state index contributed by atoms with van der Waals surface area (Å²) in [4.78, 5) is 12.0. The summed E-state index contributed by atoms with van der Waals surface area (Å²) in [6, 6.07) is 5.06. The minimum absolute atomic E-state index is 0.0225. The quantitative estimate of drug-likeness (QED) is 0.808. The molecule has 3 N–H and O–H groups in total. The predicted octanol–water partition coefficient (Wildman–Crippen LogP) is 4.32. The van der Waals surface area contributed by atoms with E-state index < -0.39 is 0 Å². The molecule has 4 heteroatoms. The van der Waals surface area contributed by atoms with Crippen molar-refractivity contribution in [3.8, 4) is 0 Å². The van der Waals surface area contributed by atoms with Crippen LogP contribution in [-0.2, 0) is 4.79 Å². The number of anilines is 2. The molecule has 1 aromatic carbocycles. The standard InChI is InChI=1S/C15H23ClN2O/c1-10(9-15(2,3)4)7-14(19)18-13-8-11(16)5-6-12(13)17/h5-6,8,10H,7,9,17H2,1-4H3,(H,18,19). The van der Waals surface area contributed by atoms with Crippen LogP contribution in [0.1, 0.15) is 40.5 Å². The van der Waals surface area contributed by atoms with Crippen molar-refractivity contribution in [3.05, 3.63) is 23.2 Å². The number of amides is 1. The Kier molecular flexibility index (Phi) is 5.24. The van der Waals surface area contributed by atoms with Crippen LogP contribution in [0.5, 0.6) is 0 Å². The van der Waals surface area contributed by atoms with Crippen LogP contribution >= 0.6 is 11.6 Å². The third-order valence-electron chi connectivity index (χ3n) is 2.78. The van der Waals surface area contributed by atoms with E-state index in [0.717, 1.165) is 6.42 Å². The van der Waals surface area contributed by atoms with Gasteiger partial charge in [-0.05, 0) is 36.0 Å². The molecule has 0 fully saturated rings. The first kappa shape index (κ1) is 15.8. The number of carbonyl (C=O) groups is 1. The first-order valence-electron chi connectivity index (χ1n) is 6.52. The highest BCUT2D eigenvalue weighted by Crippen LogP contribution is 2.27. The highest BCUT2D eigenvalue weighted by atomic mass is 35.5. The number of rotatable bonds is 4. The minimum atomic E-state index is -0.0225. The van der Waals surface area contributed by atoms with E-state index in [1.807, 2.05) is 0 Å². The molecule has 0 saturated heterocycles. The molecule has 1 unspecified atom stereocenters. The second kappa shape index (κ2) is 6.29. The molecule has 0 bridgehead atoms. The summed E-state index contributed by atoms with van der Waals surface area (Å²) in [6.45, 7) is 8.62. The number of nitrogens with one attached hydrogen (secondary N) is 1. The third kappa shape index (κ3) is 5.97. The van der Waals surface area contributed by atoms with Gasteiger partial charge in [0.1, 0.15) is 0 Å². The van der Waals surface area contributed by atoms with Gasteiger partial charge in [-0.15, -0.1) is 0 Å². The maximum absolute atomic E-state index is 12.0. The van der Waals surface area contributed by atoms with Crippen molar-refractivity contribution in [3.63, 3.8) is 0 Å². The summed E-state index contributed by atoms with van der Waals surface area (Å²) in [6.07, 6.45) is 1.49. The Morgan fingerprint density at radius 3 is 2.63 bits per heavy atom. The molecule has 0 spiro atoms. The largest absolute Gasteiger partial charge is 0.397 e. The molecule has 1 aromatic rings. The molecule has 0 radical (unpaired) electrons. The Bertz CT molecular complexity index is 452. The second-order valence-electron chi connectivity index (χ2n) is 6.35. The predicted molar refractivity (Wildman–Crippen MR) is 82.3 cm³/mol. The lowest BCUT2D eigenvalue weighted by Gasteiger charge is -2.22. The molecule has 0 saturated carbocycles. The maximum atomic E-state index is 12.0. The highest BCUT2D eigenvalue weighted by molar-refractivity contribution is 6.31. The van der Waals surface area contributed by atoms with Gasteiger partial charge in [-0.3, -0.25) is 4.79 Å². The number of nitrogen functional groups attached to an aromatic ring is 1. The number of halogens is 1. The van der Waals surface area contributed by atoms with Gasteiger partial charge in [0.15, 0.2) is 0 Å². The van der Waals surface area contributed by atoms with Crippen LogP contribution in [-0.4, -0.2) is 5.91 Å². The van der Waals surface area contributed by atoms with E-state index in [0.29, 0.717) is 28.7 Å². The minimum Gasteiger partial charge on any atom is -0.397 e. The maximum Gasteiger partial charge on any atom is 0.224 e. The Morgan fingerprint density at radius 1 is 1.42 bits per heavy atom. The van der Waals surface area contributed by atoms with Crippen LogP contribution in [0.4, 0.5) is 11.4 Å². The molecule has 1 rings (SSSR count). The fourth-order valence-corrected chi connectivity index (χ4v) is 2.44. The van der Waals surface area contributed by atoms with Gasteiger partial charge < -0.3 is 11.1 Å². The van der Waals surface area contributed by atoms with Gasteiger partial charge in [-0.1, -0.05) is 39.3 Å². The van der Waals surface area contributed by atoms with Crippen molar-refractivity contribution in [2.75, 3.05) is 11.1 Å². The van der Waals surface area contributed by atoms with Crippen molar-refractivity contribution in [2.45, 2.75) is 40.5 Å². The molecular formula is C15H23ClN2O. The Hall–Kier alpha value is -1.22. The van der Waals surface area contributed by atoms with E-state index in [9.17, 15) is 4.79 Å². The van der Waals surface area contributed by atoms with E-state index >= 15 is 0 Å². The Morgan fingerprint density at radius 2 is 2.05 bits per heavy atom. The van der Waals surface area contributed by atoms with Crippen LogP contribution < -0.4 is 11.1 Å². The highest BCUT2D eigenvalue weighted by Gasteiger charge is 2.18. The topological polar surface area (TPSA) is 55.1 Å². The van der Waals surface area contributed by atoms with Gasteiger partial charge in [-0.25, -0.2) is 0 Å². The first-order valence-corrected chi connectivity index (χ1v) is 6.90. The molecule has 1 atom stereocenters. The van der Waals surface area contributed by atoms with Crippen molar-refractivity contribution >= 4 is 28.9 Å². The lowest BCUT2D eigenvalue weighted by molar-refractivity contribution is -0.117. The van der Waals surface area contributed by atoms with Crippen molar-refractivity contribution in [1.29, 1.82) is 0 Å². The first-order chi connectivity index (χ1) is 8.67. The molecule has 0 aromatic heterocycles. The zero-order valence-corrected chi connectivity index (χ0v) is 12.8. The molecule has 0 aliphatic rings. The average Bonchev–Trinajstić information content (AvgIpc) is 2.20. The SMILES string of the molecule is CC(CC(=O)Nc1cc(Cl)ccc1N)CC(C)(C)C. The van der Waals surface area contributed by atoms with Gasteiger partial charge in [0.05, 0.1) is 11.4 Å². The van der Waals surface area contributed by atoms with Gasteiger partial charge >= 0.3 is 0 Å². The lowest BCUT2D eigenvalue weighted by atomic mass is 9.84. The zero-order valence-electron chi connectivity index (χ0n) is 12.1. The van der Waals surface area contributed by atoms with Crippen LogP contribution in [0.15, 0.2) is 18.2 Å². The molecule has 3 nitrogen and oxygen atoms in total. The van der Waals surface area contributed by atoms with Crippen molar-refractivity contribution in [2.24, 2.45) is 11.3 Å². The van der Waals surface area contributed by atoms with E-state index in [2.05, 4.69) is 33.0 Å². The number of nitrogens with two attached hydrogens (primary N) is 1. The summed E-state index contributed by atoms with van der Waals surface area (Å²) < 4.78 is 0. The molecule has 0 aliphatic carbocycles. The van der Waals surface area contributed by atoms with E-state index in [1.54, 1.807) is 18.2 Å². The molecule has 106 valence electrons. The molecule has 0 heterocycles. The number of carbonyl (C=O) groups excluding carboxylic acids is 1. The fourth-order valence-electron chi connectivity index (χ4n) is 2.27. The van der Waals surface area contributed by atoms with E-state index in [1.165, 1.54) is 0 Å². The summed E-state index contributed by atoms with van der Waals surface area (Å²) >= 11 is 5.89. The summed E-state index contributed by atoms with van der Waals surface area (Å²) in [5.41, 5.74) is 7.14. The van der Waals surface area contributed by atoms with Crippen LogP contribution in [0.25, 0.3) is 0 Å². The molecule has 19 heavy (non-hydrogen) atoms. The van der Waals surface area contributed by atoms with E-state index in [-0.39, 0.29) is 11.3 Å². The Labute approximate surface area is 120 Å². The lowest BCUT2D eigenvalue weighted by Crippen LogP contribution is -2.19. The van der Waals surface area contributed by atoms with Gasteiger partial charge in [0.25, 0.3) is 0 Å². The van der Waals surface area contributed by atoms with Crippen LogP contribution in [0.3, 0.4) is 0 Å². The molecule has 1 amide bonds. The molecular weight excluding hydrogens is 260 g/mol. The van der Waals surface area contributed by atoms with Crippen LogP contribution in [0.2, 0.25) is 5.02 Å². The monoisotopic (exact) mass is 282 g/mol. The summed E-state index contributed by atoms with van der Waals surface area (Å²) in [5, 5.41) is 3.38.